The number of rotatable bonds is 6. The number of nitrogens with one attached hydrogen (secondary N) is 2. The van der Waals surface area contributed by atoms with Gasteiger partial charge in [0.25, 0.3) is 0 Å². The Morgan fingerprint density at radius 1 is 1.08 bits per heavy atom. The minimum atomic E-state index is -0.911. The molecule has 0 radical (unpaired) electrons. The van der Waals surface area contributed by atoms with Crippen LogP contribution in [0.1, 0.15) is 84.6 Å². The molecule has 2 aliphatic rings. The van der Waals surface area contributed by atoms with Gasteiger partial charge in [0.2, 0.25) is 5.91 Å². The normalized spacial score (nSPS) is 32.7. The average molecular weight is 690 g/mol. The van der Waals surface area contributed by atoms with Gasteiger partial charge in [0, 0.05) is 41.8 Å². The fraction of sp³-hybridized carbons (Fsp3) is 0.600. The lowest BCUT2D eigenvalue weighted by Crippen LogP contribution is -2.47. The van der Waals surface area contributed by atoms with Gasteiger partial charge in [-0.1, -0.05) is 64.5 Å². The first-order chi connectivity index (χ1) is 23.9. The Labute approximate surface area is 296 Å². The summed E-state index contributed by atoms with van der Waals surface area (Å²) in [5.41, 5.74) is 2.07. The standard InChI is InChI=1S/C40H55N3O7/c1-24-17-25(2)19-27(4)38(46)28(22-41)11-6-9-16-36(50-37(45)21-35(44)26(3)18-24)31-13-10-14-32(31)39(47)43-34(40(48)49-5)20-29-23-42-33-15-8-7-12-30(29)33/h6-9,11-12,15,23-27,31-32,34-36,38,42,44,46H,10,13-14,16-21H2,1-5H3,(H,43,47)/b9-6+,28-11-/t24-,25+,26-,27-,31+,32+,34+,35-,36-,38+/m0/s1. The van der Waals surface area contributed by atoms with Crippen molar-refractivity contribution in [2.45, 2.75) is 110 Å². The number of methoxy groups -OCH3 is 1. The van der Waals surface area contributed by atoms with E-state index in [1.54, 1.807) is 18.2 Å². The molecule has 0 saturated heterocycles. The minimum Gasteiger partial charge on any atom is -0.467 e. The number of esters is 2. The van der Waals surface area contributed by atoms with Gasteiger partial charge < -0.3 is 30.0 Å². The molecule has 0 spiro atoms. The Morgan fingerprint density at radius 2 is 1.80 bits per heavy atom. The molecule has 4 rings (SSSR count). The molecule has 10 heteroatoms. The molecule has 1 aromatic carbocycles. The van der Waals surface area contributed by atoms with Crippen LogP contribution in [0.3, 0.4) is 0 Å². The maximum absolute atomic E-state index is 13.9. The van der Waals surface area contributed by atoms with Crippen LogP contribution in [0, 0.1) is 46.8 Å². The number of cyclic esters (lactones) is 1. The number of nitrogens with zero attached hydrogens (tertiary/aromatic N) is 1. The Hall–Kier alpha value is -3.94. The zero-order valence-corrected chi connectivity index (χ0v) is 30.1. The molecule has 10 nitrogen and oxygen atoms in total. The molecule has 4 N–H and O–H groups in total. The van der Waals surface area contributed by atoms with E-state index in [0.29, 0.717) is 18.8 Å². The van der Waals surface area contributed by atoms with E-state index in [1.165, 1.54) is 7.11 Å². The van der Waals surface area contributed by atoms with Crippen molar-refractivity contribution in [1.82, 2.24) is 10.3 Å². The fourth-order valence-electron chi connectivity index (χ4n) is 8.12. The highest BCUT2D eigenvalue weighted by Crippen LogP contribution is 2.38. The van der Waals surface area contributed by atoms with E-state index >= 15 is 0 Å². The van der Waals surface area contributed by atoms with Crippen molar-refractivity contribution in [3.05, 3.63) is 59.8 Å². The molecule has 1 aliphatic heterocycles. The summed E-state index contributed by atoms with van der Waals surface area (Å²) in [4.78, 5) is 43.3. The predicted octanol–water partition coefficient (Wildman–Crippen LogP) is 5.93. The van der Waals surface area contributed by atoms with E-state index in [0.717, 1.165) is 42.1 Å². The molecule has 1 aromatic heterocycles. The lowest BCUT2D eigenvalue weighted by Gasteiger charge is -2.29. The third-order valence-corrected chi connectivity index (χ3v) is 10.7. The molecular weight excluding hydrogens is 634 g/mol. The number of nitriles is 1. The SMILES string of the molecule is COC(=O)[C@@H](Cc1c[nH]c2ccccc12)NC(=O)[C@@H]1CCC[C@H]1[C@@H]1C/C=C/C=C(/C#N)[C@H](O)[C@@H](C)C[C@H](C)C[C@H](C)C[C@H](C)[C@@H](O)CC(=O)O1. The predicted molar refractivity (Wildman–Crippen MR) is 191 cm³/mol. The summed E-state index contributed by atoms with van der Waals surface area (Å²) in [6.45, 7) is 8.18. The molecule has 2 aromatic rings. The van der Waals surface area contributed by atoms with E-state index in [2.05, 4.69) is 30.2 Å². The number of aromatic nitrogens is 1. The highest BCUT2D eigenvalue weighted by atomic mass is 16.5. The number of aliphatic hydroxyl groups is 2. The summed E-state index contributed by atoms with van der Waals surface area (Å²) in [6, 6.07) is 8.98. The van der Waals surface area contributed by atoms with Gasteiger partial charge in [-0.2, -0.15) is 5.26 Å². The Bertz CT molecular complexity index is 1560. The van der Waals surface area contributed by atoms with E-state index in [4.69, 9.17) is 9.47 Å². The second-order valence-electron chi connectivity index (χ2n) is 14.9. The number of hydrogen-bond donors (Lipinski definition) is 4. The highest BCUT2D eigenvalue weighted by molar-refractivity contribution is 5.88. The van der Waals surface area contributed by atoms with Crippen LogP contribution < -0.4 is 5.32 Å². The van der Waals surface area contributed by atoms with Gasteiger partial charge in [-0.15, -0.1) is 0 Å². The van der Waals surface area contributed by atoms with Crippen molar-refractivity contribution in [3.8, 4) is 6.07 Å². The van der Waals surface area contributed by atoms with Crippen molar-refractivity contribution in [1.29, 1.82) is 5.26 Å². The first-order valence-corrected chi connectivity index (χ1v) is 18.2. The van der Waals surface area contributed by atoms with Gasteiger partial charge in [-0.05, 0) is 73.5 Å². The Balaban J connectivity index is 1.56. The number of para-hydroxylation sites is 1. The number of carbonyl (C=O) groups excluding carboxylic acids is 3. The third-order valence-electron chi connectivity index (χ3n) is 10.7. The number of aliphatic hydroxyl groups excluding tert-OH is 2. The molecule has 50 heavy (non-hydrogen) atoms. The number of allylic oxidation sites excluding steroid dienone is 2. The zero-order chi connectivity index (χ0) is 36.4. The summed E-state index contributed by atoms with van der Waals surface area (Å²) in [5, 5.41) is 35.7. The quantitative estimate of drug-likeness (QED) is 0.271. The summed E-state index contributed by atoms with van der Waals surface area (Å²) in [6.07, 6.45) is 9.16. The first-order valence-electron chi connectivity index (χ1n) is 18.2. The van der Waals surface area contributed by atoms with E-state index in [1.807, 2.05) is 44.3 Å². The van der Waals surface area contributed by atoms with Crippen molar-refractivity contribution in [2.75, 3.05) is 7.11 Å². The topological polar surface area (TPSA) is 162 Å². The summed E-state index contributed by atoms with van der Waals surface area (Å²) < 4.78 is 11.1. The molecule has 1 aliphatic carbocycles. The van der Waals surface area contributed by atoms with Crippen LogP contribution in [0.5, 0.6) is 0 Å². The monoisotopic (exact) mass is 689 g/mol. The van der Waals surface area contributed by atoms with Crippen molar-refractivity contribution in [2.24, 2.45) is 35.5 Å². The maximum atomic E-state index is 13.9. The molecule has 272 valence electrons. The number of fused-ring (bicyclic) bond motifs is 1. The number of amides is 1. The Morgan fingerprint density at radius 3 is 2.52 bits per heavy atom. The lowest BCUT2D eigenvalue weighted by atomic mass is 9.82. The number of hydrogen-bond acceptors (Lipinski definition) is 8. The van der Waals surface area contributed by atoms with Gasteiger partial charge in [-0.3, -0.25) is 9.59 Å². The van der Waals surface area contributed by atoms with Gasteiger partial charge in [-0.25, -0.2) is 4.79 Å². The van der Waals surface area contributed by atoms with Gasteiger partial charge >= 0.3 is 11.9 Å². The molecule has 0 unspecified atom stereocenters. The molecule has 1 saturated carbocycles. The molecule has 10 atom stereocenters. The highest BCUT2D eigenvalue weighted by Gasteiger charge is 2.41. The molecule has 2 heterocycles. The first kappa shape index (κ1) is 38.9. The van der Waals surface area contributed by atoms with Gasteiger partial charge in [0.05, 0.1) is 37.4 Å². The van der Waals surface area contributed by atoms with Crippen LogP contribution in [-0.4, -0.2) is 64.5 Å². The van der Waals surface area contributed by atoms with Gasteiger partial charge in [0.15, 0.2) is 0 Å². The number of carbonyl (C=O) groups is 3. The lowest BCUT2D eigenvalue weighted by molar-refractivity contribution is -0.157. The van der Waals surface area contributed by atoms with Crippen molar-refractivity contribution < 1.29 is 34.1 Å². The van der Waals surface area contributed by atoms with Crippen molar-refractivity contribution >= 4 is 28.7 Å². The van der Waals surface area contributed by atoms with E-state index in [-0.39, 0.29) is 54.4 Å². The third kappa shape index (κ3) is 10.3. The fourth-order valence-corrected chi connectivity index (χ4v) is 8.12. The van der Waals surface area contributed by atoms with E-state index in [9.17, 15) is 29.9 Å². The number of H-pyrrole nitrogens is 1. The van der Waals surface area contributed by atoms with Crippen LogP contribution in [-0.2, 0) is 30.3 Å². The second-order valence-corrected chi connectivity index (χ2v) is 14.9. The van der Waals surface area contributed by atoms with Crippen LogP contribution in [0.25, 0.3) is 10.9 Å². The maximum Gasteiger partial charge on any atom is 0.328 e. The molecule has 1 amide bonds. The zero-order valence-electron chi connectivity index (χ0n) is 30.1. The average Bonchev–Trinajstić information content (AvgIpc) is 3.74. The molecular formula is C40H55N3O7. The summed E-state index contributed by atoms with van der Waals surface area (Å²) in [5.74, 6) is -1.87. The van der Waals surface area contributed by atoms with Crippen LogP contribution >= 0.6 is 0 Å². The second kappa shape index (κ2) is 18.3. The number of benzene rings is 1. The number of ether oxygens (including phenoxy) is 2. The van der Waals surface area contributed by atoms with Crippen LogP contribution in [0.4, 0.5) is 0 Å². The summed E-state index contributed by atoms with van der Waals surface area (Å²) >= 11 is 0. The summed E-state index contributed by atoms with van der Waals surface area (Å²) in [7, 11) is 1.30. The van der Waals surface area contributed by atoms with Crippen LogP contribution in [0.2, 0.25) is 0 Å². The van der Waals surface area contributed by atoms with E-state index < -0.39 is 42.2 Å². The largest absolute Gasteiger partial charge is 0.467 e. The molecule has 0 bridgehead atoms. The van der Waals surface area contributed by atoms with Crippen molar-refractivity contribution in [3.63, 3.8) is 0 Å². The minimum absolute atomic E-state index is 0.116. The van der Waals surface area contributed by atoms with Crippen LogP contribution in [0.15, 0.2) is 54.3 Å². The number of aromatic amines is 1. The smallest absolute Gasteiger partial charge is 0.328 e. The molecule has 1 fully saturated rings. The van der Waals surface area contributed by atoms with Gasteiger partial charge in [0.1, 0.15) is 12.1 Å². The Kier molecular flexibility index (Phi) is 14.3.